The molecule has 0 unspecified atom stereocenters. The van der Waals surface area contributed by atoms with Gasteiger partial charge >= 0.3 is 5.97 Å². The van der Waals surface area contributed by atoms with Crippen LogP contribution in [0.15, 0.2) is 61.2 Å². The Kier molecular flexibility index (Phi) is 5.27. The summed E-state index contributed by atoms with van der Waals surface area (Å²) in [5.74, 6) is -1.39. The highest BCUT2D eigenvalue weighted by atomic mass is 16.5. The summed E-state index contributed by atoms with van der Waals surface area (Å²) in [4.78, 5) is 31.9. The van der Waals surface area contributed by atoms with Crippen molar-refractivity contribution in [1.29, 1.82) is 0 Å². The largest absolute Gasteiger partial charge is 0.465 e. The molecular formula is C19H17N5O3. The van der Waals surface area contributed by atoms with Gasteiger partial charge in [-0.3, -0.25) is 14.8 Å². The van der Waals surface area contributed by atoms with Gasteiger partial charge in [-0.15, -0.1) is 0 Å². The van der Waals surface area contributed by atoms with Gasteiger partial charge < -0.3 is 21.1 Å². The monoisotopic (exact) mass is 363 g/mol. The van der Waals surface area contributed by atoms with Gasteiger partial charge in [-0.25, -0.2) is 4.79 Å². The van der Waals surface area contributed by atoms with E-state index in [9.17, 15) is 9.59 Å². The van der Waals surface area contributed by atoms with Gasteiger partial charge in [-0.2, -0.15) is 0 Å². The van der Waals surface area contributed by atoms with Gasteiger partial charge in [0.15, 0.2) is 0 Å². The number of nitrogens with two attached hydrogens (primary N) is 1. The Morgan fingerprint density at radius 3 is 1.70 bits per heavy atom. The lowest BCUT2D eigenvalue weighted by Gasteiger charge is -2.17. The first kappa shape index (κ1) is 17.9. The van der Waals surface area contributed by atoms with Crippen molar-refractivity contribution in [2.75, 3.05) is 17.7 Å². The van der Waals surface area contributed by atoms with Crippen LogP contribution in [-0.4, -0.2) is 29.0 Å². The molecule has 4 N–H and O–H groups in total. The molecule has 0 radical (unpaired) electrons. The lowest BCUT2D eigenvalue weighted by atomic mass is 10.0. The van der Waals surface area contributed by atoms with Gasteiger partial charge in [0, 0.05) is 36.2 Å². The molecular weight excluding hydrogens is 346 g/mol. The van der Waals surface area contributed by atoms with E-state index < -0.39 is 11.9 Å². The second-order valence-corrected chi connectivity index (χ2v) is 5.52. The number of methoxy groups -OCH3 is 1. The topological polar surface area (TPSA) is 119 Å². The molecule has 0 spiro atoms. The summed E-state index contributed by atoms with van der Waals surface area (Å²) in [6, 6.07) is 10.1. The molecule has 0 aliphatic rings. The fourth-order valence-electron chi connectivity index (χ4n) is 2.47. The van der Waals surface area contributed by atoms with Crippen molar-refractivity contribution in [3.05, 3.63) is 72.3 Å². The van der Waals surface area contributed by atoms with Crippen molar-refractivity contribution < 1.29 is 14.3 Å². The fourth-order valence-corrected chi connectivity index (χ4v) is 2.47. The highest BCUT2D eigenvalue weighted by Crippen LogP contribution is 2.32. The first-order valence-electron chi connectivity index (χ1n) is 7.98. The molecule has 0 fully saturated rings. The molecule has 1 aromatic carbocycles. The molecule has 27 heavy (non-hydrogen) atoms. The van der Waals surface area contributed by atoms with Gasteiger partial charge in [-0.1, -0.05) is 0 Å². The number of ether oxygens (including phenoxy) is 1. The van der Waals surface area contributed by atoms with E-state index in [2.05, 4.69) is 20.6 Å². The number of carbonyl (C=O) groups is 2. The Morgan fingerprint density at radius 1 is 0.852 bits per heavy atom. The van der Waals surface area contributed by atoms with Crippen LogP contribution in [-0.2, 0) is 4.74 Å². The van der Waals surface area contributed by atoms with Crippen LogP contribution in [0.2, 0.25) is 0 Å². The molecule has 0 aliphatic carbocycles. The maximum absolute atomic E-state index is 12.1. The predicted molar refractivity (Wildman–Crippen MR) is 101 cm³/mol. The molecule has 0 bridgehead atoms. The minimum atomic E-state index is -0.733. The third kappa shape index (κ3) is 4.18. The normalized spacial score (nSPS) is 10.1. The third-order valence-corrected chi connectivity index (χ3v) is 3.75. The quantitative estimate of drug-likeness (QED) is 0.576. The van der Waals surface area contributed by atoms with E-state index in [-0.39, 0.29) is 11.1 Å². The fraction of sp³-hybridized carbons (Fsp3) is 0.0526. The van der Waals surface area contributed by atoms with Gasteiger partial charge in [0.1, 0.15) is 0 Å². The SMILES string of the molecule is COC(=O)c1cc(Nc2ccncc2)c(Nc2ccncc2)cc1C(N)=O. The maximum atomic E-state index is 12.1. The van der Waals surface area contributed by atoms with Crippen LogP contribution in [0.3, 0.4) is 0 Å². The molecule has 3 aromatic rings. The van der Waals surface area contributed by atoms with Crippen LogP contribution in [0.1, 0.15) is 20.7 Å². The van der Waals surface area contributed by atoms with Crippen molar-refractivity contribution in [2.45, 2.75) is 0 Å². The summed E-state index contributed by atoms with van der Waals surface area (Å²) >= 11 is 0. The van der Waals surface area contributed by atoms with Gasteiger partial charge in [-0.05, 0) is 36.4 Å². The molecule has 136 valence electrons. The van der Waals surface area contributed by atoms with Gasteiger partial charge in [0.25, 0.3) is 0 Å². The van der Waals surface area contributed by atoms with Crippen molar-refractivity contribution in [3.63, 3.8) is 0 Å². The van der Waals surface area contributed by atoms with Crippen molar-refractivity contribution in [3.8, 4) is 0 Å². The Hall–Kier alpha value is -3.94. The summed E-state index contributed by atoms with van der Waals surface area (Å²) in [5.41, 5.74) is 8.21. The van der Waals surface area contributed by atoms with E-state index in [1.165, 1.54) is 19.2 Å². The molecule has 2 aromatic heterocycles. The standard InChI is InChI=1S/C19H17N5O3/c1-27-19(26)15-11-17(24-13-4-8-22-9-5-13)16(10-14(15)18(20)25)23-12-2-6-21-7-3-12/h2-11H,1H3,(H2,20,25)(H,21,23)(H,22,24). The summed E-state index contributed by atoms with van der Waals surface area (Å²) < 4.78 is 4.78. The van der Waals surface area contributed by atoms with Crippen LogP contribution in [0.25, 0.3) is 0 Å². The zero-order valence-electron chi connectivity index (χ0n) is 14.5. The Labute approximate surface area is 155 Å². The summed E-state index contributed by atoms with van der Waals surface area (Å²) in [6.07, 6.45) is 6.54. The maximum Gasteiger partial charge on any atom is 0.338 e. The summed E-state index contributed by atoms with van der Waals surface area (Å²) in [6.45, 7) is 0. The molecule has 2 heterocycles. The van der Waals surface area contributed by atoms with E-state index in [4.69, 9.17) is 10.5 Å². The number of nitrogens with zero attached hydrogens (tertiary/aromatic N) is 2. The van der Waals surface area contributed by atoms with Crippen LogP contribution in [0, 0.1) is 0 Å². The average molecular weight is 363 g/mol. The highest BCUT2D eigenvalue weighted by Gasteiger charge is 2.20. The average Bonchev–Trinajstić information content (AvgIpc) is 2.69. The number of anilines is 4. The number of nitrogens with one attached hydrogen (secondary N) is 2. The lowest BCUT2D eigenvalue weighted by Crippen LogP contribution is -2.18. The van der Waals surface area contributed by atoms with Gasteiger partial charge in [0.05, 0.1) is 29.6 Å². The predicted octanol–water partition coefficient (Wildman–Crippen LogP) is 2.85. The zero-order valence-corrected chi connectivity index (χ0v) is 14.5. The van der Waals surface area contributed by atoms with E-state index >= 15 is 0 Å². The van der Waals surface area contributed by atoms with E-state index in [1.807, 2.05) is 0 Å². The molecule has 8 heteroatoms. The van der Waals surface area contributed by atoms with E-state index in [1.54, 1.807) is 49.1 Å². The van der Waals surface area contributed by atoms with Crippen molar-refractivity contribution >= 4 is 34.6 Å². The van der Waals surface area contributed by atoms with Crippen LogP contribution < -0.4 is 16.4 Å². The number of carbonyl (C=O) groups excluding carboxylic acids is 2. The highest BCUT2D eigenvalue weighted by molar-refractivity contribution is 6.07. The summed E-state index contributed by atoms with van der Waals surface area (Å²) in [5, 5.41) is 6.39. The number of hydrogen-bond donors (Lipinski definition) is 3. The molecule has 0 saturated carbocycles. The van der Waals surface area contributed by atoms with Crippen LogP contribution >= 0.6 is 0 Å². The number of hydrogen-bond acceptors (Lipinski definition) is 7. The van der Waals surface area contributed by atoms with Gasteiger partial charge in [0.2, 0.25) is 5.91 Å². The number of primary amides is 1. The number of rotatable bonds is 6. The molecule has 0 aliphatic heterocycles. The molecule has 3 rings (SSSR count). The number of pyridine rings is 2. The molecule has 0 saturated heterocycles. The van der Waals surface area contributed by atoms with Crippen LogP contribution in [0.5, 0.6) is 0 Å². The second-order valence-electron chi connectivity index (χ2n) is 5.52. The number of esters is 1. The van der Waals surface area contributed by atoms with Crippen LogP contribution in [0.4, 0.5) is 22.7 Å². The first-order valence-corrected chi connectivity index (χ1v) is 7.98. The van der Waals surface area contributed by atoms with Crippen molar-refractivity contribution in [1.82, 2.24) is 9.97 Å². The Morgan fingerprint density at radius 2 is 1.30 bits per heavy atom. The Bertz CT molecular complexity index is 962. The summed E-state index contributed by atoms with van der Waals surface area (Å²) in [7, 11) is 1.24. The minimum Gasteiger partial charge on any atom is -0.465 e. The van der Waals surface area contributed by atoms with Crippen molar-refractivity contribution in [2.24, 2.45) is 5.73 Å². The molecule has 1 amide bonds. The van der Waals surface area contributed by atoms with E-state index in [0.29, 0.717) is 11.4 Å². The number of amides is 1. The number of aromatic nitrogens is 2. The lowest BCUT2D eigenvalue weighted by molar-refractivity contribution is 0.0597. The second kappa shape index (κ2) is 7.96. The smallest absolute Gasteiger partial charge is 0.338 e. The zero-order chi connectivity index (χ0) is 19.2. The first-order chi connectivity index (χ1) is 13.1. The molecule has 8 nitrogen and oxygen atoms in total. The third-order valence-electron chi connectivity index (χ3n) is 3.75. The minimum absolute atomic E-state index is 0.0543. The molecule has 0 atom stereocenters. The Balaban J connectivity index is 2.11. The number of benzene rings is 1. The van der Waals surface area contributed by atoms with E-state index in [0.717, 1.165) is 11.4 Å².